The molecule has 4 aromatic rings. The minimum Gasteiger partial charge on any atom is -0.480 e. The number of anilines is 1. The zero-order valence-corrected chi connectivity index (χ0v) is 23.7. The number of methoxy groups -OCH3 is 1. The van der Waals surface area contributed by atoms with Gasteiger partial charge in [0.2, 0.25) is 11.8 Å². The maximum absolute atomic E-state index is 13.1. The first kappa shape index (κ1) is 28.1. The molecule has 2 aliphatic rings. The van der Waals surface area contributed by atoms with Crippen LogP contribution in [-0.2, 0) is 9.53 Å². The van der Waals surface area contributed by atoms with Gasteiger partial charge in [0.15, 0.2) is 0 Å². The van der Waals surface area contributed by atoms with Gasteiger partial charge in [0.05, 0.1) is 24.3 Å². The number of pyridine rings is 1. The van der Waals surface area contributed by atoms with Gasteiger partial charge in [-0.2, -0.15) is 5.26 Å². The van der Waals surface area contributed by atoms with E-state index in [1.165, 1.54) is 13.4 Å². The normalized spacial score (nSPS) is 16.9. The number of rotatable bonds is 7. The number of nitrogens with zero attached hydrogens (tertiary/aromatic N) is 5. The summed E-state index contributed by atoms with van der Waals surface area (Å²) in [6.07, 6.45) is 5.54. The van der Waals surface area contributed by atoms with Crippen LogP contribution >= 0.6 is 0 Å². The van der Waals surface area contributed by atoms with Crippen molar-refractivity contribution >= 4 is 28.6 Å². The van der Waals surface area contributed by atoms with Gasteiger partial charge in [-0.25, -0.2) is 19.7 Å². The van der Waals surface area contributed by atoms with Crippen molar-refractivity contribution in [1.29, 1.82) is 5.26 Å². The van der Waals surface area contributed by atoms with Gasteiger partial charge in [0, 0.05) is 55.4 Å². The number of carbonyl (C=O) groups is 2. The smallest absolute Gasteiger partial charge is 0.349 e. The highest BCUT2D eigenvalue weighted by Crippen LogP contribution is 2.31. The first-order chi connectivity index (χ1) is 21.0. The molecule has 1 amide bonds. The van der Waals surface area contributed by atoms with E-state index in [1.54, 1.807) is 36.5 Å². The van der Waals surface area contributed by atoms with Crippen LogP contribution in [0, 0.1) is 17.2 Å². The Hall–Kier alpha value is -5.08. The first-order valence-electron chi connectivity index (χ1n) is 14.2. The SMILES string of the molecule is COc1ncc(-c2ccc3ncnc(N[C@H]4CCN(C(=O)C5CCOCC5)C4)c3c2)cc1C(=O)Oc1ccc(C#N)cc1. The standard InChI is InChI=1S/C32H30N6O5/c1-41-30-27(32(40)43-25-5-2-20(16-33)3-6-25)15-23(17-34-30)22-4-7-28-26(14-22)29(36-19-35-28)37-24-8-11-38(18-24)31(39)21-9-12-42-13-10-21/h2-7,14-15,17,19,21,24H,8-13,18H2,1H3,(H,35,36,37)/t24-/m0/s1. The van der Waals surface area contributed by atoms with Crippen LogP contribution in [0.2, 0.25) is 0 Å². The highest BCUT2D eigenvalue weighted by molar-refractivity contribution is 5.96. The Morgan fingerprint density at radius 3 is 2.60 bits per heavy atom. The van der Waals surface area contributed by atoms with Gasteiger partial charge in [0.1, 0.15) is 23.5 Å². The van der Waals surface area contributed by atoms with Crippen LogP contribution < -0.4 is 14.8 Å². The minimum absolute atomic E-state index is 0.0410. The molecule has 11 heteroatoms. The molecule has 218 valence electrons. The van der Waals surface area contributed by atoms with Crippen molar-refractivity contribution in [1.82, 2.24) is 19.9 Å². The second-order valence-electron chi connectivity index (χ2n) is 10.6. The molecule has 6 rings (SSSR count). The fourth-order valence-electron chi connectivity index (χ4n) is 5.50. The number of nitrogens with one attached hydrogen (secondary N) is 1. The summed E-state index contributed by atoms with van der Waals surface area (Å²) >= 11 is 0. The summed E-state index contributed by atoms with van der Waals surface area (Å²) in [5.74, 6) is 0.731. The summed E-state index contributed by atoms with van der Waals surface area (Å²) in [4.78, 5) is 41.4. The van der Waals surface area contributed by atoms with Gasteiger partial charge in [0.25, 0.3) is 0 Å². The predicted octanol–water partition coefficient (Wildman–Crippen LogP) is 4.23. The molecule has 2 saturated heterocycles. The topological polar surface area (TPSA) is 140 Å². The van der Waals surface area contributed by atoms with Gasteiger partial charge in [-0.05, 0) is 67.3 Å². The van der Waals surface area contributed by atoms with Crippen LogP contribution in [0.25, 0.3) is 22.0 Å². The summed E-state index contributed by atoms with van der Waals surface area (Å²) in [6, 6.07) is 15.8. The highest BCUT2D eigenvalue weighted by Gasteiger charge is 2.32. The molecule has 0 spiro atoms. The quantitative estimate of drug-likeness (QED) is 0.250. The number of aromatic nitrogens is 3. The Balaban J connectivity index is 1.22. The van der Waals surface area contributed by atoms with Crippen molar-refractivity contribution in [2.45, 2.75) is 25.3 Å². The molecule has 4 heterocycles. The first-order valence-corrected chi connectivity index (χ1v) is 14.2. The maximum atomic E-state index is 13.1. The molecule has 2 aromatic heterocycles. The molecule has 1 N–H and O–H groups in total. The molecule has 2 aromatic carbocycles. The van der Waals surface area contributed by atoms with E-state index in [2.05, 4.69) is 20.3 Å². The van der Waals surface area contributed by atoms with Crippen LogP contribution in [-0.4, -0.2) is 71.2 Å². The molecule has 0 bridgehead atoms. The van der Waals surface area contributed by atoms with Crippen LogP contribution in [0.1, 0.15) is 35.2 Å². The van der Waals surface area contributed by atoms with Crippen molar-refractivity contribution in [3.8, 4) is 28.8 Å². The number of ether oxygens (including phenoxy) is 3. The van der Waals surface area contributed by atoms with Gasteiger partial charge >= 0.3 is 5.97 Å². The number of nitriles is 1. The van der Waals surface area contributed by atoms with E-state index in [0.29, 0.717) is 49.0 Å². The van der Waals surface area contributed by atoms with Crippen LogP contribution in [0.5, 0.6) is 11.6 Å². The van der Waals surface area contributed by atoms with E-state index in [0.717, 1.165) is 35.7 Å². The van der Waals surface area contributed by atoms with Crippen molar-refractivity contribution < 1.29 is 23.8 Å². The van der Waals surface area contributed by atoms with E-state index in [9.17, 15) is 9.59 Å². The van der Waals surface area contributed by atoms with Crippen molar-refractivity contribution in [3.63, 3.8) is 0 Å². The molecule has 2 fully saturated rings. The second-order valence-corrected chi connectivity index (χ2v) is 10.6. The summed E-state index contributed by atoms with van der Waals surface area (Å²) in [6.45, 7) is 2.62. The Morgan fingerprint density at radius 1 is 1.02 bits per heavy atom. The zero-order chi connectivity index (χ0) is 29.8. The van der Waals surface area contributed by atoms with E-state index in [4.69, 9.17) is 19.5 Å². The number of esters is 1. The highest BCUT2D eigenvalue weighted by atomic mass is 16.5. The Kier molecular flexibility index (Phi) is 8.11. The number of amides is 1. The summed E-state index contributed by atoms with van der Waals surface area (Å²) in [5.41, 5.74) is 2.86. The molecular formula is C32H30N6O5. The summed E-state index contributed by atoms with van der Waals surface area (Å²) in [5, 5.41) is 13.4. The lowest BCUT2D eigenvalue weighted by molar-refractivity contribution is -0.137. The van der Waals surface area contributed by atoms with E-state index in [1.807, 2.05) is 29.2 Å². The van der Waals surface area contributed by atoms with Crippen molar-refractivity contribution in [2.24, 2.45) is 5.92 Å². The lowest BCUT2D eigenvalue weighted by atomic mass is 9.99. The van der Waals surface area contributed by atoms with Crippen LogP contribution in [0.3, 0.4) is 0 Å². The minimum atomic E-state index is -0.636. The molecule has 0 unspecified atom stereocenters. The molecule has 0 saturated carbocycles. The molecule has 1 atom stereocenters. The summed E-state index contributed by atoms with van der Waals surface area (Å²) in [7, 11) is 1.44. The zero-order valence-electron chi connectivity index (χ0n) is 23.7. The summed E-state index contributed by atoms with van der Waals surface area (Å²) < 4.78 is 16.3. The number of fused-ring (bicyclic) bond motifs is 1. The molecule has 11 nitrogen and oxygen atoms in total. The van der Waals surface area contributed by atoms with E-state index < -0.39 is 5.97 Å². The maximum Gasteiger partial charge on any atom is 0.349 e. The lowest BCUT2D eigenvalue weighted by Gasteiger charge is -2.26. The Bertz CT molecular complexity index is 1700. The largest absolute Gasteiger partial charge is 0.480 e. The van der Waals surface area contributed by atoms with E-state index >= 15 is 0 Å². The number of carbonyl (C=O) groups excluding carboxylic acids is 2. The third-order valence-corrected chi connectivity index (χ3v) is 7.84. The van der Waals surface area contributed by atoms with Crippen LogP contribution in [0.15, 0.2) is 61.1 Å². The Morgan fingerprint density at radius 2 is 1.84 bits per heavy atom. The van der Waals surface area contributed by atoms with Gasteiger partial charge in [-0.3, -0.25) is 4.79 Å². The average Bonchev–Trinajstić information content (AvgIpc) is 3.53. The number of likely N-dealkylation sites (tertiary alicyclic amines) is 1. The third-order valence-electron chi connectivity index (χ3n) is 7.84. The fourth-order valence-corrected chi connectivity index (χ4v) is 5.50. The number of hydrogen-bond acceptors (Lipinski definition) is 10. The molecule has 0 aliphatic carbocycles. The molecule has 2 aliphatic heterocycles. The molecule has 43 heavy (non-hydrogen) atoms. The van der Waals surface area contributed by atoms with Gasteiger partial charge in [-0.15, -0.1) is 0 Å². The van der Waals surface area contributed by atoms with Crippen LogP contribution in [0.4, 0.5) is 5.82 Å². The average molecular weight is 579 g/mol. The van der Waals surface area contributed by atoms with Crippen molar-refractivity contribution in [3.05, 3.63) is 72.2 Å². The predicted molar refractivity (Wildman–Crippen MR) is 158 cm³/mol. The second kappa shape index (κ2) is 12.4. The molecular weight excluding hydrogens is 548 g/mol. The third kappa shape index (κ3) is 6.10. The number of hydrogen-bond donors (Lipinski definition) is 1. The van der Waals surface area contributed by atoms with E-state index in [-0.39, 0.29) is 29.3 Å². The molecule has 0 radical (unpaired) electrons. The van der Waals surface area contributed by atoms with Gasteiger partial charge in [-0.1, -0.05) is 6.07 Å². The number of benzene rings is 2. The van der Waals surface area contributed by atoms with Crippen molar-refractivity contribution in [2.75, 3.05) is 38.7 Å². The lowest BCUT2D eigenvalue weighted by Crippen LogP contribution is -2.38. The fraction of sp³-hybridized carbons (Fsp3) is 0.312. The van der Waals surface area contributed by atoms with Gasteiger partial charge < -0.3 is 24.4 Å². The Labute approximate surface area is 248 Å². The monoisotopic (exact) mass is 578 g/mol.